The minimum atomic E-state index is -4.50. The molecule has 0 atom stereocenters. The molecular weight excluding hydrogens is 519 g/mol. The quantitative estimate of drug-likeness (QED) is 0.374. The summed E-state index contributed by atoms with van der Waals surface area (Å²) in [4.78, 5) is 14.6. The number of carbonyl (C=O) groups excluding carboxylic acids is 1. The number of anilines is 2. The molecule has 0 spiro atoms. The van der Waals surface area contributed by atoms with Gasteiger partial charge in [-0.05, 0) is 67.5 Å². The Morgan fingerprint density at radius 2 is 1.73 bits per heavy atom. The van der Waals surface area contributed by atoms with E-state index in [0.717, 1.165) is 48.1 Å². The van der Waals surface area contributed by atoms with Gasteiger partial charge in [0.05, 0.1) is 16.9 Å². The molecule has 0 bridgehead atoms. The summed E-state index contributed by atoms with van der Waals surface area (Å²) in [5.74, 6) is -0.0767. The van der Waals surface area contributed by atoms with Crippen molar-refractivity contribution < 1.29 is 22.4 Å². The number of rotatable bonds is 4. The van der Waals surface area contributed by atoms with Gasteiger partial charge in [-0.1, -0.05) is 28.1 Å². The molecule has 0 radical (unpaired) electrons. The molecule has 0 unspecified atom stereocenters. The Kier molecular flexibility index (Phi) is 6.76. The highest BCUT2D eigenvalue weighted by Gasteiger charge is 2.32. The zero-order valence-corrected chi connectivity index (χ0v) is 19.6. The van der Waals surface area contributed by atoms with Gasteiger partial charge in [-0.15, -0.1) is 0 Å². The normalized spacial score (nSPS) is 13.8. The van der Waals surface area contributed by atoms with E-state index in [1.54, 1.807) is 6.07 Å². The number of amides is 1. The fourth-order valence-electron chi connectivity index (χ4n) is 3.59. The first-order chi connectivity index (χ1) is 15.7. The fourth-order valence-corrected chi connectivity index (χ4v) is 4.06. The lowest BCUT2D eigenvalue weighted by molar-refractivity contribution is -0.137. The number of furan rings is 1. The van der Waals surface area contributed by atoms with Crippen molar-refractivity contribution in [2.24, 2.45) is 0 Å². The molecular formula is C23H19BrF3N3O2S. The van der Waals surface area contributed by atoms with Gasteiger partial charge in [0.1, 0.15) is 5.76 Å². The number of carbonyl (C=O) groups is 1. The van der Waals surface area contributed by atoms with Gasteiger partial charge in [0.2, 0.25) is 0 Å². The molecule has 2 aromatic carbocycles. The summed E-state index contributed by atoms with van der Waals surface area (Å²) in [6, 6.07) is 14.0. The van der Waals surface area contributed by atoms with Gasteiger partial charge < -0.3 is 14.6 Å². The second kappa shape index (κ2) is 9.56. The third kappa shape index (κ3) is 5.56. The molecule has 1 saturated heterocycles. The van der Waals surface area contributed by atoms with Crippen molar-refractivity contribution in [1.82, 2.24) is 5.32 Å². The van der Waals surface area contributed by atoms with Crippen LogP contribution >= 0.6 is 28.1 Å². The standard InChI is InChI=1S/C23H19BrF3N3O2S/c24-16-6-3-14(4-7-16)19-9-10-20(32-19)21(31)29-22(33)28-17-13-15(23(25,26)27)5-8-18(17)30-11-1-2-12-30/h3-10,13H,1-2,11-12H2,(H2,28,29,31,33). The van der Waals surface area contributed by atoms with Crippen molar-refractivity contribution in [2.75, 3.05) is 23.3 Å². The molecule has 1 aliphatic rings. The van der Waals surface area contributed by atoms with E-state index >= 15 is 0 Å². The van der Waals surface area contributed by atoms with Gasteiger partial charge in [-0.2, -0.15) is 13.2 Å². The Morgan fingerprint density at radius 3 is 2.39 bits per heavy atom. The molecule has 0 saturated carbocycles. The van der Waals surface area contributed by atoms with Crippen LogP contribution in [0.3, 0.4) is 0 Å². The van der Waals surface area contributed by atoms with E-state index in [9.17, 15) is 18.0 Å². The van der Waals surface area contributed by atoms with Crippen LogP contribution in [0.5, 0.6) is 0 Å². The van der Waals surface area contributed by atoms with E-state index in [0.29, 0.717) is 11.4 Å². The summed E-state index contributed by atoms with van der Waals surface area (Å²) in [6.07, 6.45) is -2.58. The van der Waals surface area contributed by atoms with E-state index in [4.69, 9.17) is 16.6 Å². The van der Waals surface area contributed by atoms with Crippen LogP contribution in [0.4, 0.5) is 24.5 Å². The van der Waals surface area contributed by atoms with Crippen LogP contribution in [0, 0.1) is 0 Å². The molecule has 33 heavy (non-hydrogen) atoms. The van der Waals surface area contributed by atoms with Gasteiger partial charge >= 0.3 is 6.18 Å². The molecule has 5 nitrogen and oxygen atoms in total. The van der Waals surface area contributed by atoms with Crippen molar-refractivity contribution >= 4 is 50.5 Å². The fraction of sp³-hybridized carbons (Fsp3) is 0.217. The second-order valence-corrected chi connectivity index (χ2v) is 8.83. The van der Waals surface area contributed by atoms with Crippen molar-refractivity contribution in [1.29, 1.82) is 0 Å². The minimum Gasteiger partial charge on any atom is -0.451 e. The third-order valence-corrected chi connectivity index (χ3v) is 5.94. The van der Waals surface area contributed by atoms with Crippen molar-refractivity contribution in [3.05, 3.63) is 70.4 Å². The van der Waals surface area contributed by atoms with Gasteiger partial charge in [-0.25, -0.2) is 0 Å². The highest BCUT2D eigenvalue weighted by Crippen LogP contribution is 2.36. The number of halogens is 4. The van der Waals surface area contributed by atoms with Crippen molar-refractivity contribution in [3.63, 3.8) is 0 Å². The largest absolute Gasteiger partial charge is 0.451 e. The molecule has 4 rings (SSSR count). The highest BCUT2D eigenvalue weighted by atomic mass is 79.9. The molecule has 1 aromatic heterocycles. The lowest BCUT2D eigenvalue weighted by Gasteiger charge is -2.23. The van der Waals surface area contributed by atoms with Crippen LogP contribution in [0.15, 0.2) is 63.5 Å². The molecule has 1 aliphatic heterocycles. The lowest BCUT2D eigenvalue weighted by atomic mass is 10.1. The van der Waals surface area contributed by atoms with E-state index in [1.807, 2.05) is 29.2 Å². The first kappa shape index (κ1) is 23.3. The van der Waals surface area contributed by atoms with Crippen LogP contribution < -0.4 is 15.5 Å². The first-order valence-corrected chi connectivity index (χ1v) is 11.3. The maximum Gasteiger partial charge on any atom is 0.416 e. The van der Waals surface area contributed by atoms with E-state index in [2.05, 4.69) is 26.6 Å². The number of thiocarbonyl (C=S) groups is 1. The molecule has 10 heteroatoms. The number of hydrogen-bond acceptors (Lipinski definition) is 4. The van der Waals surface area contributed by atoms with Crippen LogP contribution in [0.1, 0.15) is 29.0 Å². The smallest absolute Gasteiger partial charge is 0.416 e. The van der Waals surface area contributed by atoms with Crippen LogP contribution in [-0.2, 0) is 6.18 Å². The van der Waals surface area contributed by atoms with E-state index in [-0.39, 0.29) is 16.6 Å². The number of nitrogens with one attached hydrogen (secondary N) is 2. The highest BCUT2D eigenvalue weighted by molar-refractivity contribution is 9.10. The summed E-state index contributed by atoms with van der Waals surface area (Å²) < 4.78 is 46.3. The molecule has 3 aromatic rings. The van der Waals surface area contributed by atoms with E-state index in [1.165, 1.54) is 12.1 Å². The summed E-state index contributed by atoms with van der Waals surface area (Å²) in [6.45, 7) is 1.48. The molecule has 172 valence electrons. The van der Waals surface area contributed by atoms with Gasteiger partial charge in [0, 0.05) is 23.1 Å². The molecule has 1 fully saturated rings. The Hall–Kier alpha value is -2.85. The Labute approximate surface area is 202 Å². The number of nitrogens with zero attached hydrogens (tertiary/aromatic N) is 1. The number of benzene rings is 2. The predicted molar refractivity (Wildman–Crippen MR) is 128 cm³/mol. The second-order valence-electron chi connectivity index (χ2n) is 7.50. The topological polar surface area (TPSA) is 57.5 Å². The van der Waals surface area contributed by atoms with Gasteiger partial charge in [-0.3, -0.25) is 10.1 Å². The summed E-state index contributed by atoms with van der Waals surface area (Å²) in [5, 5.41) is 5.11. The summed E-state index contributed by atoms with van der Waals surface area (Å²) in [7, 11) is 0. The Morgan fingerprint density at radius 1 is 1.03 bits per heavy atom. The molecule has 2 N–H and O–H groups in total. The van der Waals surface area contributed by atoms with Crippen LogP contribution in [0.25, 0.3) is 11.3 Å². The number of hydrogen-bond donors (Lipinski definition) is 2. The summed E-state index contributed by atoms with van der Waals surface area (Å²) >= 11 is 8.57. The minimum absolute atomic E-state index is 0.0286. The maximum absolute atomic E-state index is 13.3. The van der Waals surface area contributed by atoms with Crippen molar-refractivity contribution in [3.8, 4) is 11.3 Å². The Balaban J connectivity index is 1.49. The van der Waals surface area contributed by atoms with Crippen LogP contribution in [0.2, 0.25) is 0 Å². The van der Waals surface area contributed by atoms with E-state index < -0.39 is 17.6 Å². The summed E-state index contributed by atoms with van der Waals surface area (Å²) in [5.41, 5.74) is 0.782. The zero-order chi connectivity index (χ0) is 23.6. The maximum atomic E-state index is 13.3. The number of alkyl halides is 3. The van der Waals surface area contributed by atoms with Gasteiger partial charge in [0.25, 0.3) is 5.91 Å². The average molecular weight is 538 g/mol. The zero-order valence-electron chi connectivity index (χ0n) is 17.2. The lowest BCUT2D eigenvalue weighted by Crippen LogP contribution is -2.34. The molecule has 1 amide bonds. The molecule has 0 aliphatic carbocycles. The van der Waals surface area contributed by atoms with Crippen LogP contribution in [-0.4, -0.2) is 24.1 Å². The third-order valence-electron chi connectivity index (χ3n) is 5.20. The monoisotopic (exact) mass is 537 g/mol. The van der Waals surface area contributed by atoms with Crippen molar-refractivity contribution in [2.45, 2.75) is 19.0 Å². The SMILES string of the molecule is O=C(NC(=S)Nc1cc(C(F)(F)F)ccc1N1CCCC1)c1ccc(-c2ccc(Br)cc2)o1. The molecule has 2 heterocycles. The predicted octanol–water partition coefficient (Wildman–Crippen LogP) is 6.45. The average Bonchev–Trinajstić information content (AvgIpc) is 3.46. The first-order valence-electron chi connectivity index (χ1n) is 10.1. The Bertz CT molecular complexity index is 1170. The van der Waals surface area contributed by atoms with Gasteiger partial charge in [0.15, 0.2) is 10.9 Å².